The number of benzene rings is 2. The fourth-order valence-electron chi connectivity index (χ4n) is 4.75. The summed E-state index contributed by atoms with van der Waals surface area (Å²) in [5.74, 6) is 1.36. The van der Waals surface area contributed by atoms with Gasteiger partial charge in [-0.25, -0.2) is 9.79 Å². The summed E-state index contributed by atoms with van der Waals surface area (Å²) in [6, 6.07) is 17.2. The molecule has 3 amide bonds. The van der Waals surface area contributed by atoms with Gasteiger partial charge in [0, 0.05) is 38.4 Å². The zero-order chi connectivity index (χ0) is 22.2. The Kier molecular flexibility index (Phi) is 5.20. The van der Waals surface area contributed by atoms with E-state index in [1.165, 1.54) is 10.5 Å². The van der Waals surface area contributed by atoms with E-state index in [2.05, 4.69) is 17.0 Å². The van der Waals surface area contributed by atoms with Crippen molar-refractivity contribution in [2.24, 2.45) is 4.99 Å². The van der Waals surface area contributed by atoms with E-state index in [9.17, 15) is 9.59 Å². The van der Waals surface area contributed by atoms with Crippen molar-refractivity contribution in [1.82, 2.24) is 14.7 Å². The standard InChI is InChI=1S/C24H27N5O3/c1-26-21-20(22(30)29(24(26)31)13-7-10-17-8-4-3-5-9-17)28-15-14-27(23(28)25-21)18-11-6-12-19(16-18)32-2/h3-6,8-9,11-12,16,20-21H,7,10,13-15H2,1-2H3. The van der Waals surface area contributed by atoms with Gasteiger partial charge in [0.05, 0.1) is 7.11 Å². The van der Waals surface area contributed by atoms with Crippen LogP contribution in [-0.4, -0.2) is 78.6 Å². The number of urea groups is 1. The highest BCUT2D eigenvalue weighted by molar-refractivity contribution is 6.08. The number of carbonyl (C=O) groups excluding carboxylic acids is 2. The van der Waals surface area contributed by atoms with Gasteiger partial charge in [-0.05, 0) is 30.5 Å². The van der Waals surface area contributed by atoms with Crippen LogP contribution in [0, 0.1) is 0 Å². The normalized spacial score (nSPS) is 22.2. The second kappa shape index (κ2) is 8.18. The highest BCUT2D eigenvalue weighted by Gasteiger charge is 2.54. The Morgan fingerprint density at radius 3 is 2.66 bits per heavy atom. The number of hydrogen-bond donors (Lipinski definition) is 0. The van der Waals surface area contributed by atoms with Crippen LogP contribution >= 0.6 is 0 Å². The van der Waals surface area contributed by atoms with Gasteiger partial charge in [-0.2, -0.15) is 0 Å². The molecular weight excluding hydrogens is 406 g/mol. The van der Waals surface area contributed by atoms with Gasteiger partial charge in [0.2, 0.25) is 5.96 Å². The number of amides is 3. The lowest BCUT2D eigenvalue weighted by Gasteiger charge is -2.40. The number of fused-ring (bicyclic) bond motifs is 3. The lowest BCUT2D eigenvalue weighted by molar-refractivity contribution is -0.137. The lowest BCUT2D eigenvalue weighted by Crippen LogP contribution is -2.64. The molecule has 0 radical (unpaired) electrons. The molecule has 8 nitrogen and oxygen atoms in total. The van der Waals surface area contributed by atoms with Crippen molar-refractivity contribution in [3.05, 3.63) is 60.2 Å². The zero-order valence-corrected chi connectivity index (χ0v) is 18.3. The van der Waals surface area contributed by atoms with Crippen LogP contribution in [0.15, 0.2) is 59.6 Å². The van der Waals surface area contributed by atoms with Crippen LogP contribution in [-0.2, 0) is 11.2 Å². The summed E-state index contributed by atoms with van der Waals surface area (Å²) in [5.41, 5.74) is 2.17. The van der Waals surface area contributed by atoms with E-state index in [0.29, 0.717) is 13.1 Å². The third-order valence-electron chi connectivity index (χ3n) is 6.43. The topological polar surface area (TPSA) is 68.7 Å². The van der Waals surface area contributed by atoms with Gasteiger partial charge < -0.3 is 19.4 Å². The first-order valence-corrected chi connectivity index (χ1v) is 11.0. The van der Waals surface area contributed by atoms with Crippen LogP contribution < -0.4 is 9.64 Å². The van der Waals surface area contributed by atoms with Crippen molar-refractivity contribution in [3.8, 4) is 5.75 Å². The minimum atomic E-state index is -0.496. The summed E-state index contributed by atoms with van der Waals surface area (Å²) in [4.78, 5) is 38.4. The summed E-state index contributed by atoms with van der Waals surface area (Å²) >= 11 is 0. The van der Waals surface area contributed by atoms with Crippen LogP contribution in [0.5, 0.6) is 5.75 Å². The van der Waals surface area contributed by atoms with Crippen molar-refractivity contribution in [1.29, 1.82) is 0 Å². The molecule has 5 rings (SSSR count). The first-order chi connectivity index (χ1) is 15.6. The third-order valence-corrected chi connectivity index (χ3v) is 6.43. The van der Waals surface area contributed by atoms with E-state index in [1.807, 2.05) is 47.4 Å². The quantitative estimate of drug-likeness (QED) is 0.700. The molecular formula is C24H27N5O3. The molecule has 2 fully saturated rings. The van der Waals surface area contributed by atoms with Crippen molar-refractivity contribution < 1.29 is 14.3 Å². The van der Waals surface area contributed by atoms with E-state index in [0.717, 1.165) is 36.8 Å². The van der Waals surface area contributed by atoms with E-state index in [4.69, 9.17) is 9.73 Å². The third kappa shape index (κ3) is 3.36. The maximum Gasteiger partial charge on any atom is 0.328 e. The zero-order valence-electron chi connectivity index (χ0n) is 18.3. The van der Waals surface area contributed by atoms with Gasteiger partial charge in [0.25, 0.3) is 5.91 Å². The van der Waals surface area contributed by atoms with Crippen LogP contribution in [0.4, 0.5) is 10.5 Å². The average molecular weight is 434 g/mol. The molecule has 166 valence electrons. The minimum absolute atomic E-state index is 0.155. The summed E-state index contributed by atoms with van der Waals surface area (Å²) in [7, 11) is 3.38. The van der Waals surface area contributed by atoms with Crippen molar-refractivity contribution in [3.63, 3.8) is 0 Å². The highest BCUT2D eigenvalue weighted by Crippen LogP contribution is 2.34. The van der Waals surface area contributed by atoms with Gasteiger partial charge in [0.15, 0.2) is 12.2 Å². The second-order valence-corrected chi connectivity index (χ2v) is 8.31. The fourth-order valence-corrected chi connectivity index (χ4v) is 4.75. The number of likely N-dealkylation sites (N-methyl/N-ethyl adjacent to an activating group) is 1. The first-order valence-electron chi connectivity index (χ1n) is 11.0. The Hall–Kier alpha value is -3.55. The number of methoxy groups -OCH3 is 1. The van der Waals surface area contributed by atoms with E-state index < -0.39 is 12.2 Å². The molecule has 0 aliphatic carbocycles. The van der Waals surface area contributed by atoms with E-state index in [1.54, 1.807) is 19.1 Å². The van der Waals surface area contributed by atoms with Gasteiger partial charge in [0.1, 0.15) is 5.75 Å². The molecule has 2 aromatic carbocycles. The SMILES string of the molecule is COc1cccc(N2CCN3C2=NC2C3C(=O)N(CCCc3ccccc3)C(=O)N2C)c1. The molecule has 3 aliphatic rings. The number of ether oxygens (including phenoxy) is 1. The maximum absolute atomic E-state index is 13.4. The monoisotopic (exact) mass is 433 g/mol. The number of anilines is 1. The number of hydrogen-bond acceptors (Lipinski definition) is 6. The molecule has 0 aromatic heterocycles. The molecule has 0 spiro atoms. The molecule has 2 aromatic rings. The smallest absolute Gasteiger partial charge is 0.328 e. The van der Waals surface area contributed by atoms with Crippen molar-refractivity contribution in [2.45, 2.75) is 25.0 Å². The van der Waals surface area contributed by atoms with E-state index >= 15 is 0 Å². The van der Waals surface area contributed by atoms with Crippen molar-refractivity contribution >= 4 is 23.6 Å². The number of rotatable bonds is 6. The molecule has 0 saturated carbocycles. The van der Waals surface area contributed by atoms with E-state index in [-0.39, 0.29) is 11.9 Å². The number of carbonyl (C=O) groups is 2. The first kappa shape index (κ1) is 20.4. The van der Waals surface area contributed by atoms with Gasteiger partial charge in [-0.3, -0.25) is 9.69 Å². The number of aliphatic imine (C=N–C) groups is 1. The van der Waals surface area contributed by atoms with Crippen LogP contribution in [0.2, 0.25) is 0 Å². The lowest BCUT2D eigenvalue weighted by atomic mass is 10.1. The molecule has 2 unspecified atom stereocenters. The Bertz CT molecular complexity index is 1060. The molecule has 2 atom stereocenters. The number of nitrogens with zero attached hydrogens (tertiary/aromatic N) is 5. The molecule has 2 saturated heterocycles. The average Bonchev–Trinajstić information content (AvgIpc) is 3.40. The Labute approximate surface area is 187 Å². The largest absolute Gasteiger partial charge is 0.497 e. The van der Waals surface area contributed by atoms with Crippen molar-refractivity contribution in [2.75, 3.05) is 38.7 Å². The Morgan fingerprint density at radius 1 is 1.06 bits per heavy atom. The minimum Gasteiger partial charge on any atom is -0.497 e. The van der Waals surface area contributed by atoms with Crippen LogP contribution in [0.3, 0.4) is 0 Å². The summed E-state index contributed by atoms with van der Waals surface area (Å²) in [6.45, 7) is 1.82. The van der Waals surface area contributed by atoms with Gasteiger partial charge in [-0.1, -0.05) is 36.4 Å². The molecule has 0 bridgehead atoms. The maximum atomic E-state index is 13.4. The molecule has 3 heterocycles. The molecule has 3 aliphatic heterocycles. The van der Waals surface area contributed by atoms with Gasteiger partial charge in [-0.15, -0.1) is 0 Å². The highest BCUT2D eigenvalue weighted by atomic mass is 16.5. The Morgan fingerprint density at radius 2 is 1.88 bits per heavy atom. The predicted molar refractivity (Wildman–Crippen MR) is 122 cm³/mol. The summed E-state index contributed by atoms with van der Waals surface area (Å²) in [6.07, 6.45) is 1.06. The molecule has 32 heavy (non-hydrogen) atoms. The number of aryl methyl sites for hydroxylation is 1. The van der Waals surface area contributed by atoms with Gasteiger partial charge >= 0.3 is 6.03 Å². The number of imide groups is 1. The predicted octanol–water partition coefficient (Wildman–Crippen LogP) is 2.41. The number of guanidine groups is 1. The Balaban J connectivity index is 1.33. The van der Waals surface area contributed by atoms with Crippen LogP contribution in [0.1, 0.15) is 12.0 Å². The summed E-state index contributed by atoms with van der Waals surface area (Å²) in [5, 5.41) is 0. The summed E-state index contributed by atoms with van der Waals surface area (Å²) < 4.78 is 5.36. The van der Waals surface area contributed by atoms with Crippen LogP contribution in [0.25, 0.3) is 0 Å². The fraction of sp³-hybridized carbons (Fsp3) is 0.375. The molecule has 0 N–H and O–H groups in total. The molecule has 8 heteroatoms. The second-order valence-electron chi connectivity index (χ2n) is 8.31.